The largest absolute Gasteiger partial charge is 0.397 e. The first-order valence-electron chi connectivity index (χ1n) is 6.00. The van der Waals surface area contributed by atoms with E-state index in [0.717, 1.165) is 26.8 Å². The summed E-state index contributed by atoms with van der Waals surface area (Å²) in [6.45, 7) is 0. The zero-order valence-corrected chi connectivity index (χ0v) is 12.7. The van der Waals surface area contributed by atoms with Gasteiger partial charge >= 0.3 is 0 Å². The van der Waals surface area contributed by atoms with Gasteiger partial charge in [-0.3, -0.25) is 4.98 Å². The van der Waals surface area contributed by atoms with E-state index in [1.165, 1.54) is 0 Å². The second-order valence-electron chi connectivity index (χ2n) is 4.35. The molecule has 0 fully saturated rings. The van der Waals surface area contributed by atoms with Gasteiger partial charge in [-0.2, -0.15) is 0 Å². The zero-order chi connectivity index (χ0) is 14.1. The summed E-state index contributed by atoms with van der Waals surface area (Å²) >= 11 is 9.58. The zero-order valence-electron chi connectivity index (χ0n) is 10.4. The van der Waals surface area contributed by atoms with Crippen molar-refractivity contribution >= 4 is 55.5 Å². The molecule has 0 bridgehead atoms. The first kappa shape index (κ1) is 13.2. The van der Waals surface area contributed by atoms with Crippen LogP contribution < -0.4 is 11.1 Å². The summed E-state index contributed by atoms with van der Waals surface area (Å²) in [6, 6.07) is 13.3. The molecule has 20 heavy (non-hydrogen) atoms. The number of fused-ring (bicyclic) bond motifs is 1. The molecule has 2 aromatic carbocycles. The van der Waals surface area contributed by atoms with Crippen LogP contribution in [0.5, 0.6) is 0 Å². The lowest BCUT2D eigenvalue weighted by Gasteiger charge is -2.12. The monoisotopic (exact) mass is 347 g/mol. The molecule has 3 rings (SSSR count). The molecule has 3 nitrogen and oxygen atoms in total. The predicted molar refractivity (Wildman–Crippen MR) is 88.6 cm³/mol. The van der Waals surface area contributed by atoms with E-state index in [9.17, 15) is 0 Å². The fourth-order valence-electron chi connectivity index (χ4n) is 2.03. The Morgan fingerprint density at radius 1 is 1.10 bits per heavy atom. The Morgan fingerprint density at radius 2 is 1.90 bits per heavy atom. The number of pyridine rings is 1. The topological polar surface area (TPSA) is 50.9 Å². The Bertz CT molecular complexity index is 789. The van der Waals surface area contributed by atoms with E-state index in [1.807, 2.05) is 42.5 Å². The van der Waals surface area contributed by atoms with Gasteiger partial charge in [0.05, 0.1) is 27.6 Å². The molecule has 100 valence electrons. The lowest BCUT2D eigenvalue weighted by Crippen LogP contribution is -1.97. The maximum atomic E-state index is 6.19. The van der Waals surface area contributed by atoms with Crippen molar-refractivity contribution in [1.29, 1.82) is 0 Å². The number of benzene rings is 2. The Morgan fingerprint density at radius 3 is 2.70 bits per heavy atom. The van der Waals surface area contributed by atoms with E-state index >= 15 is 0 Å². The summed E-state index contributed by atoms with van der Waals surface area (Å²) in [5.74, 6) is 0. The van der Waals surface area contributed by atoms with Crippen molar-refractivity contribution in [2.24, 2.45) is 0 Å². The van der Waals surface area contributed by atoms with Gasteiger partial charge in [-0.05, 0) is 42.5 Å². The van der Waals surface area contributed by atoms with Gasteiger partial charge in [-0.15, -0.1) is 0 Å². The van der Waals surface area contributed by atoms with Crippen molar-refractivity contribution in [3.63, 3.8) is 0 Å². The highest BCUT2D eigenvalue weighted by atomic mass is 79.9. The SMILES string of the molecule is Nc1cc(Br)ccc1Nc1ccc(Cl)c2cccnc12. The molecule has 0 aliphatic carbocycles. The average molecular weight is 349 g/mol. The van der Waals surface area contributed by atoms with Gasteiger partial charge in [0.2, 0.25) is 0 Å². The number of hydrogen-bond donors (Lipinski definition) is 2. The standard InChI is InChI=1S/C15H11BrClN3/c16-9-3-5-13(12(18)8-9)20-14-6-4-11(17)10-2-1-7-19-15(10)14/h1-8,20H,18H2. The van der Waals surface area contributed by atoms with Crippen LogP contribution in [-0.4, -0.2) is 4.98 Å². The van der Waals surface area contributed by atoms with Crippen molar-refractivity contribution in [2.75, 3.05) is 11.1 Å². The van der Waals surface area contributed by atoms with E-state index in [2.05, 4.69) is 26.2 Å². The van der Waals surface area contributed by atoms with Crippen LogP contribution >= 0.6 is 27.5 Å². The molecule has 5 heteroatoms. The van der Waals surface area contributed by atoms with Crippen molar-refractivity contribution in [3.05, 3.63) is 58.2 Å². The number of nitrogen functional groups attached to an aromatic ring is 1. The predicted octanol–water partition coefficient (Wildman–Crippen LogP) is 4.98. The average Bonchev–Trinajstić information content (AvgIpc) is 2.45. The fourth-order valence-corrected chi connectivity index (χ4v) is 2.63. The molecule has 0 saturated heterocycles. The first-order chi connectivity index (χ1) is 9.65. The Kier molecular flexibility index (Phi) is 3.51. The number of hydrogen-bond acceptors (Lipinski definition) is 3. The van der Waals surface area contributed by atoms with Crippen LogP contribution in [0.15, 0.2) is 53.1 Å². The summed E-state index contributed by atoms with van der Waals surface area (Å²) in [5.41, 5.74) is 9.20. The molecule has 1 aromatic heterocycles. The number of nitrogens with one attached hydrogen (secondary N) is 1. The molecule has 3 N–H and O–H groups in total. The quantitative estimate of drug-likeness (QED) is 0.642. The molecule has 0 spiro atoms. The minimum atomic E-state index is 0.665. The first-order valence-corrected chi connectivity index (χ1v) is 7.17. The maximum absolute atomic E-state index is 6.19. The molecule has 0 radical (unpaired) electrons. The van der Waals surface area contributed by atoms with Gasteiger partial charge < -0.3 is 11.1 Å². The van der Waals surface area contributed by atoms with E-state index in [4.69, 9.17) is 17.3 Å². The van der Waals surface area contributed by atoms with Gasteiger partial charge in [-0.1, -0.05) is 27.5 Å². The highest BCUT2D eigenvalue weighted by Crippen LogP contribution is 2.32. The maximum Gasteiger partial charge on any atom is 0.0951 e. The summed E-state index contributed by atoms with van der Waals surface area (Å²) in [7, 11) is 0. The summed E-state index contributed by atoms with van der Waals surface area (Å²) < 4.78 is 0.944. The van der Waals surface area contributed by atoms with Crippen LogP contribution in [0.1, 0.15) is 0 Å². The molecule has 0 aliphatic heterocycles. The van der Waals surface area contributed by atoms with E-state index in [1.54, 1.807) is 6.20 Å². The van der Waals surface area contributed by atoms with Gasteiger partial charge in [0.1, 0.15) is 0 Å². The lowest BCUT2D eigenvalue weighted by atomic mass is 10.1. The molecule has 1 heterocycles. The van der Waals surface area contributed by atoms with Crippen molar-refractivity contribution in [3.8, 4) is 0 Å². The van der Waals surface area contributed by atoms with Crippen LogP contribution in [0, 0.1) is 0 Å². The molecular formula is C15H11BrClN3. The number of aromatic nitrogens is 1. The van der Waals surface area contributed by atoms with Crippen LogP contribution in [0.25, 0.3) is 10.9 Å². The minimum Gasteiger partial charge on any atom is -0.397 e. The lowest BCUT2D eigenvalue weighted by molar-refractivity contribution is 1.40. The minimum absolute atomic E-state index is 0.665. The second-order valence-corrected chi connectivity index (χ2v) is 5.67. The number of rotatable bonds is 2. The highest BCUT2D eigenvalue weighted by molar-refractivity contribution is 9.10. The van der Waals surface area contributed by atoms with E-state index in [0.29, 0.717) is 10.7 Å². The molecule has 0 atom stereocenters. The third-order valence-electron chi connectivity index (χ3n) is 3.00. The molecule has 0 saturated carbocycles. The molecule has 3 aromatic rings. The van der Waals surface area contributed by atoms with Crippen LogP contribution in [0.4, 0.5) is 17.1 Å². The number of anilines is 3. The van der Waals surface area contributed by atoms with E-state index < -0.39 is 0 Å². The number of halogens is 2. The molecular weight excluding hydrogens is 338 g/mol. The van der Waals surface area contributed by atoms with Crippen LogP contribution in [0.3, 0.4) is 0 Å². The Hall–Kier alpha value is -1.78. The molecule has 0 unspecified atom stereocenters. The van der Waals surface area contributed by atoms with Crippen LogP contribution in [0.2, 0.25) is 5.02 Å². The van der Waals surface area contributed by atoms with Crippen LogP contribution in [-0.2, 0) is 0 Å². The smallest absolute Gasteiger partial charge is 0.0951 e. The third kappa shape index (κ3) is 2.44. The Labute approximate surface area is 129 Å². The van der Waals surface area contributed by atoms with Crippen molar-refractivity contribution < 1.29 is 0 Å². The molecule has 0 aliphatic rings. The second kappa shape index (κ2) is 5.31. The van der Waals surface area contributed by atoms with Gasteiger partial charge in [0.25, 0.3) is 0 Å². The van der Waals surface area contributed by atoms with Gasteiger partial charge in [-0.25, -0.2) is 0 Å². The van der Waals surface area contributed by atoms with Crippen molar-refractivity contribution in [1.82, 2.24) is 4.98 Å². The summed E-state index contributed by atoms with van der Waals surface area (Å²) in [6.07, 6.45) is 1.74. The Balaban J connectivity index is 2.09. The van der Waals surface area contributed by atoms with Crippen molar-refractivity contribution in [2.45, 2.75) is 0 Å². The summed E-state index contributed by atoms with van der Waals surface area (Å²) in [4.78, 5) is 4.39. The number of nitrogens with two attached hydrogens (primary N) is 1. The fraction of sp³-hybridized carbons (Fsp3) is 0. The number of nitrogens with zero attached hydrogens (tertiary/aromatic N) is 1. The molecule has 0 amide bonds. The summed E-state index contributed by atoms with van der Waals surface area (Å²) in [5, 5.41) is 4.90. The van der Waals surface area contributed by atoms with E-state index in [-0.39, 0.29) is 0 Å². The normalized spacial score (nSPS) is 10.7. The van der Waals surface area contributed by atoms with Gasteiger partial charge in [0.15, 0.2) is 0 Å². The highest BCUT2D eigenvalue weighted by Gasteiger charge is 2.07. The third-order valence-corrected chi connectivity index (χ3v) is 3.82. The van der Waals surface area contributed by atoms with Gasteiger partial charge in [0, 0.05) is 16.1 Å².